The summed E-state index contributed by atoms with van der Waals surface area (Å²) in [5, 5.41) is 19.4. The van der Waals surface area contributed by atoms with E-state index in [2.05, 4.69) is 4.74 Å². The number of carbonyl (C=O) groups is 3. The van der Waals surface area contributed by atoms with Gasteiger partial charge in [-0.1, -0.05) is 0 Å². The van der Waals surface area contributed by atoms with Crippen LogP contribution < -0.4 is 0 Å². The number of carbonyl (C=O) groups excluding carboxylic acids is 2. The number of hydrogen-bond donors (Lipinski definition) is 1. The fourth-order valence-corrected chi connectivity index (χ4v) is 1.44. The largest absolute Gasteiger partial charge is 0.477 e. The van der Waals surface area contributed by atoms with Crippen LogP contribution in [0.4, 0.5) is 5.69 Å². The average Bonchev–Trinajstić information content (AvgIpc) is 2.52. The van der Waals surface area contributed by atoms with Crippen molar-refractivity contribution in [3.05, 3.63) is 38.9 Å². The Morgan fingerprint density at radius 2 is 1.76 bits per heavy atom. The molecule has 1 aromatic rings. The molecule has 1 heterocycles. The lowest BCUT2D eigenvalue weighted by Gasteiger charge is -1.99. The van der Waals surface area contributed by atoms with Crippen molar-refractivity contribution in [1.82, 2.24) is 0 Å². The number of rotatable bonds is 2. The lowest BCUT2D eigenvalue weighted by atomic mass is 10.0. The van der Waals surface area contributed by atoms with E-state index in [1.54, 1.807) is 0 Å². The van der Waals surface area contributed by atoms with Crippen LogP contribution in [0.1, 0.15) is 31.1 Å². The topological polar surface area (TPSA) is 124 Å². The normalized spacial score (nSPS) is 13.2. The minimum Gasteiger partial charge on any atom is -0.477 e. The fourth-order valence-electron chi connectivity index (χ4n) is 1.44. The number of fused-ring (bicyclic) bond motifs is 1. The molecule has 86 valence electrons. The van der Waals surface area contributed by atoms with Gasteiger partial charge in [0, 0.05) is 6.07 Å². The van der Waals surface area contributed by atoms with Gasteiger partial charge >= 0.3 is 17.9 Å². The molecule has 0 saturated heterocycles. The van der Waals surface area contributed by atoms with Gasteiger partial charge in [-0.2, -0.15) is 0 Å². The number of carboxylic acid groups (broad SMARTS) is 1. The van der Waals surface area contributed by atoms with Gasteiger partial charge in [0.05, 0.1) is 16.1 Å². The van der Waals surface area contributed by atoms with Crippen LogP contribution in [0.2, 0.25) is 0 Å². The monoisotopic (exact) mass is 237 g/mol. The van der Waals surface area contributed by atoms with Crippen LogP contribution in [-0.4, -0.2) is 27.9 Å². The number of nitrogens with zero attached hydrogens (tertiary/aromatic N) is 1. The number of carboxylic acids is 1. The van der Waals surface area contributed by atoms with Gasteiger partial charge in [0.25, 0.3) is 5.69 Å². The highest BCUT2D eigenvalue weighted by Gasteiger charge is 2.35. The van der Waals surface area contributed by atoms with Crippen LogP contribution in [0.3, 0.4) is 0 Å². The molecule has 0 radical (unpaired) electrons. The van der Waals surface area contributed by atoms with Gasteiger partial charge < -0.3 is 9.84 Å². The van der Waals surface area contributed by atoms with Gasteiger partial charge in [-0.25, -0.2) is 14.4 Å². The molecule has 0 spiro atoms. The zero-order chi connectivity index (χ0) is 12.7. The maximum atomic E-state index is 11.1. The summed E-state index contributed by atoms with van der Waals surface area (Å²) in [6, 6.07) is 1.50. The minimum atomic E-state index is -1.56. The van der Waals surface area contributed by atoms with Crippen molar-refractivity contribution in [2.45, 2.75) is 0 Å². The zero-order valence-corrected chi connectivity index (χ0v) is 8.00. The quantitative estimate of drug-likeness (QED) is 0.345. The van der Waals surface area contributed by atoms with E-state index in [0.717, 1.165) is 12.1 Å². The molecular formula is C9H3NO7. The van der Waals surface area contributed by atoms with Crippen molar-refractivity contribution in [1.29, 1.82) is 0 Å². The first-order valence-corrected chi connectivity index (χ1v) is 4.24. The Balaban J connectivity index is 2.76. The summed E-state index contributed by atoms with van der Waals surface area (Å²) in [7, 11) is 0. The lowest BCUT2D eigenvalue weighted by Crippen LogP contribution is -2.06. The van der Waals surface area contributed by atoms with Crippen molar-refractivity contribution in [3.8, 4) is 0 Å². The van der Waals surface area contributed by atoms with Crippen molar-refractivity contribution in [3.63, 3.8) is 0 Å². The van der Waals surface area contributed by atoms with Crippen LogP contribution in [0, 0.1) is 10.1 Å². The Morgan fingerprint density at radius 1 is 1.24 bits per heavy atom. The molecule has 0 fully saturated rings. The van der Waals surface area contributed by atoms with Gasteiger partial charge in [0.2, 0.25) is 0 Å². The summed E-state index contributed by atoms with van der Waals surface area (Å²) in [6.45, 7) is 0. The number of esters is 2. The lowest BCUT2D eigenvalue weighted by molar-refractivity contribution is -0.385. The van der Waals surface area contributed by atoms with E-state index in [0.29, 0.717) is 0 Å². The molecule has 1 N–H and O–H groups in total. The molecule has 0 saturated carbocycles. The molecule has 17 heavy (non-hydrogen) atoms. The number of cyclic esters (lactones) is 2. The van der Waals surface area contributed by atoms with E-state index in [4.69, 9.17) is 5.11 Å². The van der Waals surface area contributed by atoms with E-state index < -0.39 is 34.1 Å². The Morgan fingerprint density at radius 3 is 2.24 bits per heavy atom. The van der Waals surface area contributed by atoms with Crippen molar-refractivity contribution >= 4 is 23.6 Å². The fraction of sp³-hybridized carbons (Fsp3) is 0. The van der Waals surface area contributed by atoms with Crippen molar-refractivity contribution in [2.24, 2.45) is 0 Å². The maximum Gasteiger partial charge on any atom is 0.347 e. The Labute approximate surface area is 92.6 Å². The highest BCUT2D eigenvalue weighted by Crippen LogP contribution is 2.28. The molecule has 8 nitrogen and oxygen atoms in total. The van der Waals surface area contributed by atoms with Crippen molar-refractivity contribution < 1.29 is 29.2 Å². The number of nitro groups is 1. The first-order chi connectivity index (χ1) is 7.91. The highest BCUT2D eigenvalue weighted by molar-refractivity contribution is 6.16. The maximum absolute atomic E-state index is 11.1. The highest BCUT2D eigenvalue weighted by atomic mass is 16.6. The zero-order valence-electron chi connectivity index (χ0n) is 8.00. The predicted octanol–water partition coefficient (Wildman–Crippen LogP) is 0.604. The summed E-state index contributed by atoms with van der Waals surface area (Å²) >= 11 is 0. The van der Waals surface area contributed by atoms with Crippen LogP contribution >= 0.6 is 0 Å². The third-order valence-corrected chi connectivity index (χ3v) is 2.19. The number of nitro benzene ring substituents is 1. The van der Waals surface area contributed by atoms with Crippen LogP contribution in [-0.2, 0) is 4.74 Å². The molecule has 0 bridgehead atoms. The Bertz CT molecular complexity index is 538. The van der Waals surface area contributed by atoms with E-state index in [1.807, 2.05) is 0 Å². The standard InChI is InChI=1S/C9H3NO7/c11-7(12)5-1-3-4(2-6(5)10(15)16)9(14)17-8(3)13/h1-2H,(H,11,12). The third-order valence-electron chi connectivity index (χ3n) is 2.19. The van der Waals surface area contributed by atoms with Crippen LogP contribution in [0.15, 0.2) is 12.1 Å². The SMILES string of the molecule is O=C1OC(=O)c2cc([N+](=O)[O-])c(C(=O)O)cc21. The molecule has 8 heteroatoms. The Hall–Kier alpha value is -2.77. The van der Waals surface area contributed by atoms with Gasteiger partial charge in [0.15, 0.2) is 0 Å². The molecule has 1 aromatic carbocycles. The molecular weight excluding hydrogens is 234 g/mol. The molecule has 0 amide bonds. The predicted molar refractivity (Wildman–Crippen MR) is 49.8 cm³/mol. The number of ether oxygens (including phenoxy) is 1. The number of benzene rings is 1. The first kappa shape index (κ1) is 10.7. The summed E-state index contributed by atoms with van der Waals surface area (Å²) in [5.41, 5.74) is -2.01. The summed E-state index contributed by atoms with van der Waals surface area (Å²) in [5.74, 6) is -3.60. The summed E-state index contributed by atoms with van der Waals surface area (Å²) < 4.78 is 4.21. The first-order valence-electron chi connectivity index (χ1n) is 4.24. The van der Waals surface area contributed by atoms with Crippen LogP contribution in [0.5, 0.6) is 0 Å². The second kappa shape index (κ2) is 3.37. The summed E-state index contributed by atoms with van der Waals surface area (Å²) in [4.78, 5) is 42.7. The molecule has 1 aliphatic heterocycles. The summed E-state index contributed by atoms with van der Waals surface area (Å²) in [6.07, 6.45) is 0. The van der Waals surface area contributed by atoms with Crippen molar-refractivity contribution in [2.75, 3.05) is 0 Å². The van der Waals surface area contributed by atoms with Gasteiger partial charge in [0.1, 0.15) is 5.56 Å². The van der Waals surface area contributed by atoms with E-state index >= 15 is 0 Å². The Kier molecular flexibility index (Phi) is 2.13. The van der Waals surface area contributed by atoms with Gasteiger partial charge in [-0.05, 0) is 6.07 Å². The number of aromatic carboxylic acids is 1. The minimum absolute atomic E-state index is 0.280. The van der Waals surface area contributed by atoms with E-state index in [-0.39, 0.29) is 11.1 Å². The third kappa shape index (κ3) is 1.51. The molecule has 1 aliphatic rings. The average molecular weight is 237 g/mol. The molecule has 0 unspecified atom stereocenters. The smallest absolute Gasteiger partial charge is 0.347 e. The molecule has 0 aliphatic carbocycles. The van der Waals surface area contributed by atoms with E-state index in [1.165, 1.54) is 0 Å². The number of hydrogen-bond acceptors (Lipinski definition) is 6. The second-order valence-electron chi connectivity index (χ2n) is 3.15. The molecule has 0 atom stereocenters. The van der Waals surface area contributed by atoms with E-state index in [9.17, 15) is 24.5 Å². The van der Waals surface area contributed by atoms with Crippen LogP contribution in [0.25, 0.3) is 0 Å². The second-order valence-corrected chi connectivity index (χ2v) is 3.15. The van der Waals surface area contributed by atoms with Gasteiger partial charge in [-0.15, -0.1) is 0 Å². The molecule has 2 rings (SSSR count). The molecule has 0 aromatic heterocycles. The van der Waals surface area contributed by atoms with Gasteiger partial charge in [-0.3, -0.25) is 10.1 Å².